The lowest BCUT2D eigenvalue weighted by Gasteiger charge is -2.20. The second-order valence-corrected chi connectivity index (χ2v) is 7.11. The molecule has 0 bridgehead atoms. The van der Waals surface area contributed by atoms with Crippen LogP contribution in [0, 0.1) is 5.92 Å². The van der Waals surface area contributed by atoms with Gasteiger partial charge in [-0.1, -0.05) is 43.6 Å². The Morgan fingerprint density at radius 3 is 2.41 bits per heavy atom. The van der Waals surface area contributed by atoms with E-state index in [1.54, 1.807) is 48.5 Å². The number of halogens is 1. The Balaban J connectivity index is 1.60. The highest BCUT2D eigenvalue weighted by molar-refractivity contribution is 6.30. The van der Waals surface area contributed by atoms with Gasteiger partial charge >= 0.3 is 5.97 Å². The number of ether oxygens (including phenoxy) is 1. The monoisotopic (exact) mass is 413 g/mol. The van der Waals surface area contributed by atoms with Crippen LogP contribution in [0.4, 0.5) is 0 Å². The van der Waals surface area contributed by atoms with Crippen LogP contribution in [0.1, 0.15) is 30.1 Å². The molecule has 3 aromatic rings. The van der Waals surface area contributed by atoms with Crippen molar-refractivity contribution in [2.75, 3.05) is 0 Å². The van der Waals surface area contributed by atoms with Crippen molar-refractivity contribution in [3.8, 4) is 11.5 Å². The first-order valence-corrected chi connectivity index (χ1v) is 9.42. The maximum Gasteiger partial charge on any atom is 0.329 e. The summed E-state index contributed by atoms with van der Waals surface area (Å²) in [5, 5.41) is 11.1. The molecule has 2 aromatic carbocycles. The van der Waals surface area contributed by atoms with Gasteiger partial charge in [0.1, 0.15) is 6.04 Å². The van der Waals surface area contributed by atoms with Gasteiger partial charge in [0.25, 0.3) is 11.8 Å². The highest BCUT2D eigenvalue weighted by atomic mass is 35.5. The fourth-order valence-electron chi connectivity index (χ4n) is 2.56. The molecule has 7 nitrogen and oxygen atoms in total. The quantitative estimate of drug-likeness (QED) is 0.590. The molecule has 0 saturated carbocycles. The SMILES string of the molecule is CC(C)[C@H](NC(=O)c1ccccc1)C(=O)OCc1nnc(-c2ccc(Cl)cc2)o1. The van der Waals surface area contributed by atoms with Gasteiger partial charge in [0.05, 0.1) is 0 Å². The van der Waals surface area contributed by atoms with Gasteiger partial charge in [-0.2, -0.15) is 0 Å². The Morgan fingerprint density at radius 2 is 1.76 bits per heavy atom. The van der Waals surface area contributed by atoms with E-state index in [1.807, 2.05) is 19.9 Å². The molecule has 1 heterocycles. The topological polar surface area (TPSA) is 94.3 Å². The van der Waals surface area contributed by atoms with E-state index < -0.39 is 12.0 Å². The fourth-order valence-corrected chi connectivity index (χ4v) is 2.68. The lowest BCUT2D eigenvalue weighted by Crippen LogP contribution is -2.45. The molecular weight excluding hydrogens is 394 g/mol. The number of carbonyl (C=O) groups excluding carboxylic acids is 2. The largest absolute Gasteiger partial charge is 0.454 e. The first-order valence-electron chi connectivity index (χ1n) is 9.05. The average molecular weight is 414 g/mol. The van der Waals surface area contributed by atoms with E-state index in [4.69, 9.17) is 20.8 Å². The second kappa shape index (κ2) is 9.34. The molecule has 0 aliphatic heterocycles. The van der Waals surface area contributed by atoms with Gasteiger partial charge in [-0.3, -0.25) is 4.79 Å². The van der Waals surface area contributed by atoms with Crippen molar-refractivity contribution in [3.63, 3.8) is 0 Å². The fraction of sp³-hybridized carbons (Fsp3) is 0.238. The number of carbonyl (C=O) groups is 2. The third-order valence-corrected chi connectivity index (χ3v) is 4.39. The number of amides is 1. The summed E-state index contributed by atoms with van der Waals surface area (Å²) in [7, 11) is 0. The van der Waals surface area contributed by atoms with Crippen LogP contribution < -0.4 is 5.32 Å². The number of hydrogen-bond acceptors (Lipinski definition) is 6. The molecule has 0 aliphatic carbocycles. The first kappa shape index (κ1) is 20.5. The van der Waals surface area contributed by atoms with Gasteiger partial charge in [0.15, 0.2) is 6.61 Å². The molecular formula is C21H20ClN3O4. The predicted molar refractivity (Wildman–Crippen MR) is 107 cm³/mol. The third kappa shape index (κ3) is 5.42. The molecule has 1 atom stereocenters. The molecule has 29 heavy (non-hydrogen) atoms. The molecule has 0 fully saturated rings. The zero-order valence-electron chi connectivity index (χ0n) is 16.0. The van der Waals surface area contributed by atoms with E-state index in [2.05, 4.69) is 15.5 Å². The summed E-state index contributed by atoms with van der Waals surface area (Å²) in [4.78, 5) is 24.9. The summed E-state index contributed by atoms with van der Waals surface area (Å²) in [6, 6.07) is 14.8. The van der Waals surface area contributed by atoms with E-state index in [0.29, 0.717) is 22.0 Å². The second-order valence-electron chi connectivity index (χ2n) is 6.68. The molecule has 1 N–H and O–H groups in total. The van der Waals surface area contributed by atoms with Crippen LogP contribution in [0.3, 0.4) is 0 Å². The van der Waals surface area contributed by atoms with Crippen LogP contribution in [0.15, 0.2) is 59.0 Å². The Labute approximate surface area is 173 Å². The summed E-state index contributed by atoms with van der Waals surface area (Å²) in [5.41, 5.74) is 1.17. The predicted octanol–water partition coefficient (Wildman–Crippen LogP) is 3.89. The van der Waals surface area contributed by atoms with Gasteiger partial charge in [0.2, 0.25) is 5.89 Å². The van der Waals surface area contributed by atoms with Gasteiger partial charge in [-0.25, -0.2) is 4.79 Å². The molecule has 3 rings (SSSR count). The first-order chi connectivity index (χ1) is 13.9. The van der Waals surface area contributed by atoms with Crippen LogP contribution in [-0.4, -0.2) is 28.1 Å². The number of nitrogens with one attached hydrogen (secondary N) is 1. The summed E-state index contributed by atoms with van der Waals surface area (Å²) in [6.07, 6.45) is 0. The molecule has 0 unspecified atom stereocenters. The van der Waals surface area contributed by atoms with E-state index in [-0.39, 0.29) is 24.3 Å². The molecule has 8 heteroatoms. The smallest absolute Gasteiger partial charge is 0.329 e. The molecule has 0 radical (unpaired) electrons. The zero-order valence-corrected chi connectivity index (χ0v) is 16.7. The van der Waals surface area contributed by atoms with Gasteiger partial charge in [-0.15, -0.1) is 10.2 Å². The standard InChI is InChI=1S/C21H20ClN3O4/c1-13(2)18(23-19(26)14-6-4-3-5-7-14)21(27)28-12-17-24-25-20(29-17)15-8-10-16(22)11-9-15/h3-11,13,18H,12H2,1-2H3,(H,23,26)/t18-/m0/s1. The van der Waals surface area contributed by atoms with E-state index in [1.165, 1.54) is 0 Å². The van der Waals surface area contributed by atoms with Crippen LogP contribution >= 0.6 is 11.6 Å². The van der Waals surface area contributed by atoms with E-state index in [9.17, 15) is 9.59 Å². The van der Waals surface area contributed by atoms with Crippen molar-refractivity contribution in [2.45, 2.75) is 26.5 Å². The van der Waals surface area contributed by atoms with E-state index >= 15 is 0 Å². The highest BCUT2D eigenvalue weighted by Crippen LogP contribution is 2.20. The average Bonchev–Trinajstić information content (AvgIpc) is 3.20. The molecule has 1 aromatic heterocycles. The van der Waals surface area contributed by atoms with Crippen molar-refractivity contribution >= 4 is 23.5 Å². The van der Waals surface area contributed by atoms with Gasteiger partial charge in [0, 0.05) is 16.1 Å². The van der Waals surface area contributed by atoms with Crippen LogP contribution in [0.25, 0.3) is 11.5 Å². The number of nitrogens with zero attached hydrogens (tertiary/aromatic N) is 2. The van der Waals surface area contributed by atoms with Crippen LogP contribution in [0.2, 0.25) is 5.02 Å². The maximum atomic E-state index is 12.5. The summed E-state index contributed by atoms with van der Waals surface area (Å²) >= 11 is 5.87. The minimum absolute atomic E-state index is 0.153. The maximum absolute atomic E-state index is 12.5. The third-order valence-electron chi connectivity index (χ3n) is 4.14. The number of aromatic nitrogens is 2. The van der Waals surface area contributed by atoms with Crippen LogP contribution in [-0.2, 0) is 16.1 Å². The van der Waals surface area contributed by atoms with Crippen molar-refractivity contribution in [2.24, 2.45) is 5.92 Å². The van der Waals surface area contributed by atoms with Gasteiger partial charge < -0.3 is 14.5 Å². The Bertz CT molecular complexity index is 971. The summed E-state index contributed by atoms with van der Waals surface area (Å²) < 4.78 is 10.8. The minimum Gasteiger partial charge on any atom is -0.454 e. The number of rotatable bonds is 7. The molecule has 0 saturated heterocycles. The molecule has 150 valence electrons. The summed E-state index contributed by atoms with van der Waals surface area (Å²) in [6.45, 7) is 3.45. The molecule has 0 spiro atoms. The lowest BCUT2D eigenvalue weighted by molar-refractivity contribution is -0.149. The van der Waals surface area contributed by atoms with Gasteiger partial charge in [-0.05, 0) is 42.3 Å². The Kier molecular flexibility index (Phi) is 6.61. The molecule has 0 aliphatic rings. The van der Waals surface area contributed by atoms with E-state index in [0.717, 1.165) is 0 Å². The van der Waals surface area contributed by atoms with Crippen LogP contribution in [0.5, 0.6) is 0 Å². The zero-order chi connectivity index (χ0) is 20.8. The Morgan fingerprint density at radius 1 is 1.07 bits per heavy atom. The number of hydrogen-bond donors (Lipinski definition) is 1. The minimum atomic E-state index is -0.804. The van der Waals surface area contributed by atoms with Crippen molar-refractivity contribution < 1.29 is 18.7 Å². The van der Waals surface area contributed by atoms with Crippen molar-refractivity contribution in [1.82, 2.24) is 15.5 Å². The lowest BCUT2D eigenvalue weighted by atomic mass is 10.0. The highest BCUT2D eigenvalue weighted by Gasteiger charge is 2.26. The summed E-state index contributed by atoms with van der Waals surface area (Å²) in [5.74, 6) is -0.632. The van der Waals surface area contributed by atoms with Crippen molar-refractivity contribution in [3.05, 3.63) is 71.1 Å². The number of benzene rings is 2. The normalized spacial score (nSPS) is 11.9. The molecule has 1 amide bonds. The number of esters is 1. The van der Waals surface area contributed by atoms with Crippen molar-refractivity contribution in [1.29, 1.82) is 0 Å². The Hall–Kier alpha value is -3.19.